The molecule has 0 spiro atoms. The van der Waals surface area contributed by atoms with E-state index in [-0.39, 0.29) is 5.95 Å². The molecule has 0 saturated carbocycles. The Morgan fingerprint density at radius 1 is 1.32 bits per heavy atom. The second-order valence-corrected chi connectivity index (χ2v) is 6.04. The molecule has 0 atom stereocenters. The number of nitrogen functional groups attached to an aromatic ring is 1. The van der Waals surface area contributed by atoms with Crippen molar-refractivity contribution >= 4 is 16.9 Å². The number of aromatic nitrogens is 3. The van der Waals surface area contributed by atoms with Crippen LogP contribution in [0.15, 0.2) is 28.9 Å². The second kappa shape index (κ2) is 5.14. The summed E-state index contributed by atoms with van der Waals surface area (Å²) in [4.78, 5) is 9.87. The number of nitrogens with two attached hydrogens (primary N) is 1. The lowest BCUT2D eigenvalue weighted by Gasteiger charge is -2.28. The SMILES string of the molecule is CN1CCC(c2c[nH]c3ccc(-c4nc(N)no4)cc23)CC1. The van der Waals surface area contributed by atoms with E-state index in [0.29, 0.717) is 11.8 Å². The lowest BCUT2D eigenvalue weighted by molar-refractivity contribution is 0.256. The highest BCUT2D eigenvalue weighted by atomic mass is 16.5. The zero-order valence-electron chi connectivity index (χ0n) is 12.5. The average molecular weight is 297 g/mol. The van der Waals surface area contributed by atoms with Crippen molar-refractivity contribution < 1.29 is 4.52 Å². The first kappa shape index (κ1) is 13.3. The minimum Gasteiger partial charge on any atom is -0.365 e. The van der Waals surface area contributed by atoms with Crippen LogP contribution in [0.2, 0.25) is 0 Å². The number of anilines is 1. The van der Waals surface area contributed by atoms with Gasteiger partial charge in [-0.25, -0.2) is 0 Å². The Morgan fingerprint density at radius 3 is 2.86 bits per heavy atom. The molecule has 1 aliphatic heterocycles. The zero-order valence-corrected chi connectivity index (χ0v) is 12.5. The van der Waals surface area contributed by atoms with Crippen LogP contribution in [0.4, 0.5) is 5.95 Å². The lowest BCUT2D eigenvalue weighted by Crippen LogP contribution is -2.29. The fraction of sp³-hybridized carbons (Fsp3) is 0.375. The first-order valence-corrected chi connectivity index (χ1v) is 7.60. The number of likely N-dealkylation sites (tertiary alicyclic amines) is 1. The Hall–Kier alpha value is -2.34. The molecule has 6 nitrogen and oxygen atoms in total. The van der Waals surface area contributed by atoms with Crippen molar-refractivity contribution in [1.82, 2.24) is 20.0 Å². The van der Waals surface area contributed by atoms with Gasteiger partial charge in [0.05, 0.1) is 0 Å². The van der Waals surface area contributed by atoms with Gasteiger partial charge in [-0.15, -0.1) is 0 Å². The molecule has 1 fully saturated rings. The second-order valence-electron chi connectivity index (χ2n) is 6.04. The molecule has 3 heterocycles. The first-order valence-electron chi connectivity index (χ1n) is 7.60. The van der Waals surface area contributed by atoms with Crippen molar-refractivity contribution in [2.24, 2.45) is 0 Å². The lowest BCUT2D eigenvalue weighted by atomic mass is 9.89. The van der Waals surface area contributed by atoms with E-state index in [1.54, 1.807) is 0 Å². The summed E-state index contributed by atoms with van der Waals surface area (Å²) in [7, 11) is 2.18. The van der Waals surface area contributed by atoms with Gasteiger partial charge in [-0.2, -0.15) is 4.98 Å². The van der Waals surface area contributed by atoms with Crippen LogP contribution in [0, 0.1) is 0 Å². The number of H-pyrrole nitrogens is 1. The number of hydrogen-bond donors (Lipinski definition) is 2. The van der Waals surface area contributed by atoms with Gasteiger partial charge in [0.1, 0.15) is 0 Å². The minimum absolute atomic E-state index is 0.166. The van der Waals surface area contributed by atoms with E-state index in [4.69, 9.17) is 10.3 Å². The smallest absolute Gasteiger partial charge is 0.261 e. The molecule has 0 radical (unpaired) electrons. The topological polar surface area (TPSA) is 84.0 Å². The molecule has 114 valence electrons. The van der Waals surface area contributed by atoms with Gasteiger partial charge in [-0.05, 0) is 67.8 Å². The molecule has 1 aliphatic rings. The van der Waals surface area contributed by atoms with Gasteiger partial charge in [-0.3, -0.25) is 0 Å². The fourth-order valence-electron chi connectivity index (χ4n) is 3.28. The number of nitrogens with one attached hydrogen (secondary N) is 1. The van der Waals surface area contributed by atoms with Gasteiger partial charge >= 0.3 is 0 Å². The van der Waals surface area contributed by atoms with Crippen LogP contribution in [0.1, 0.15) is 24.3 Å². The van der Waals surface area contributed by atoms with Gasteiger partial charge in [0.25, 0.3) is 11.8 Å². The molecule has 2 aromatic heterocycles. The zero-order chi connectivity index (χ0) is 15.1. The van der Waals surface area contributed by atoms with E-state index < -0.39 is 0 Å². The van der Waals surface area contributed by atoms with E-state index in [9.17, 15) is 0 Å². The molecule has 0 amide bonds. The summed E-state index contributed by atoms with van der Waals surface area (Å²) in [6, 6.07) is 6.15. The van der Waals surface area contributed by atoms with E-state index in [0.717, 1.165) is 24.2 Å². The number of hydrogen-bond acceptors (Lipinski definition) is 5. The number of rotatable bonds is 2. The first-order chi connectivity index (χ1) is 10.7. The van der Waals surface area contributed by atoms with Crippen LogP contribution in [0.3, 0.4) is 0 Å². The van der Waals surface area contributed by atoms with Gasteiger partial charge in [0, 0.05) is 22.7 Å². The van der Waals surface area contributed by atoms with Crippen LogP contribution in [-0.4, -0.2) is 40.2 Å². The van der Waals surface area contributed by atoms with Crippen LogP contribution in [0.5, 0.6) is 0 Å². The molecule has 1 aromatic carbocycles. The maximum absolute atomic E-state index is 5.54. The van der Waals surface area contributed by atoms with Crippen LogP contribution >= 0.6 is 0 Å². The maximum atomic E-state index is 5.54. The third-order valence-corrected chi connectivity index (χ3v) is 4.56. The Labute approximate surface area is 128 Å². The highest BCUT2D eigenvalue weighted by molar-refractivity contribution is 5.87. The summed E-state index contributed by atoms with van der Waals surface area (Å²) in [6.45, 7) is 2.30. The molecule has 0 aliphatic carbocycles. The summed E-state index contributed by atoms with van der Waals surface area (Å²) in [5, 5.41) is 4.90. The van der Waals surface area contributed by atoms with Crippen molar-refractivity contribution in [2.45, 2.75) is 18.8 Å². The summed E-state index contributed by atoms with van der Waals surface area (Å²) in [5.41, 5.74) is 8.98. The third kappa shape index (κ3) is 2.25. The van der Waals surface area contributed by atoms with Gasteiger partial charge in [0.2, 0.25) is 0 Å². The van der Waals surface area contributed by atoms with Crippen molar-refractivity contribution in [3.05, 3.63) is 30.0 Å². The monoisotopic (exact) mass is 297 g/mol. The summed E-state index contributed by atoms with van der Waals surface area (Å²) in [6.07, 6.45) is 4.54. The summed E-state index contributed by atoms with van der Waals surface area (Å²) >= 11 is 0. The van der Waals surface area contributed by atoms with Crippen molar-refractivity contribution in [3.63, 3.8) is 0 Å². The molecule has 3 aromatic rings. The molecule has 4 rings (SSSR count). The van der Waals surface area contributed by atoms with E-state index in [1.165, 1.54) is 23.8 Å². The average Bonchev–Trinajstić information content (AvgIpc) is 3.14. The molecule has 3 N–H and O–H groups in total. The highest BCUT2D eigenvalue weighted by Gasteiger charge is 2.21. The summed E-state index contributed by atoms with van der Waals surface area (Å²) in [5.74, 6) is 1.24. The number of piperidine rings is 1. The molecule has 0 bridgehead atoms. The van der Waals surface area contributed by atoms with Gasteiger partial charge in [-0.1, -0.05) is 0 Å². The standard InChI is InChI=1S/C16H19N5O/c1-21-6-4-10(5-7-21)13-9-18-14-3-2-11(8-12(13)14)15-19-16(17)20-22-15/h2-3,8-10,18H,4-7H2,1H3,(H2,17,20). The Balaban J connectivity index is 1.73. The van der Waals surface area contributed by atoms with E-state index in [2.05, 4.69) is 45.4 Å². The normalized spacial score (nSPS) is 17.3. The predicted octanol–water partition coefficient (Wildman–Crippen LogP) is 2.61. The summed E-state index contributed by atoms with van der Waals surface area (Å²) < 4.78 is 5.17. The number of benzene rings is 1. The minimum atomic E-state index is 0.166. The van der Waals surface area contributed by atoms with E-state index >= 15 is 0 Å². The van der Waals surface area contributed by atoms with Crippen molar-refractivity contribution in [3.8, 4) is 11.5 Å². The van der Waals surface area contributed by atoms with Crippen LogP contribution in [0.25, 0.3) is 22.4 Å². The molecule has 0 unspecified atom stereocenters. The van der Waals surface area contributed by atoms with Gasteiger partial charge in [0.15, 0.2) is 0 Å². The van der Waals surface area contributed by atoms with Crippen LogP contribution < -0.4 is 5.73 Å². The van der Waals surface area contributed by atoms with Gasteiger partial charge < -0.3 is 20.1 Å². The Bertz CT molecular complexity index is 798. The number of nitrogens with zero attached hydrogens (tertiary/aromatic N) is 3. The van der Waals surface area contributed by atoms with Crippen molar-refractivity contribution in [1.29, 1.82) is 0 Å². The molecule has 6 heteroatoms. The Kier molecular flexibility index (Phi) is 3.11. The number of fused-ring (bicyclic) bond motifs is 1. The van der Waals surface area contributed by atoms with E-state index in [1.807, 2.05) is 6.07 Å². The molecule has 1 saturated heterocycles. The molecular weight excluding hydrogens is 278 g/mol. The molecule has 22 heavy (non-hydrogen) atoms. The Morgan fingerprint density at radius 2 is 2.14 bits per heavy atom. The van der Waals surface area contributed by atoms with Crippen LogP contribution in [-0.2, 0) is 0 Å². The predicted molar refractivity (Wildman–Crippen MR) is 85.5 cm³/mol. The fourth-order valence-corrected chi connectivity index (χ4v) is 3.28. The molecular formula is C16H19N5O. The maximum Gasteiger partial charge on any atom is 0.261 e. The largest absolute Gasteiger partial charge is 0.365 e. The van der Waals surface area contributed by atoms with Crippen molar-refractivity contribution in [2.75, 3.05) is 25.9 Å². The third-order valence-electron chi connectivity index (χ3n) is 4.56. The highest BCUT2D eigenvalue weighted by Crippen LogP contribution is 2.34. The number of aromatic amines is 1. The quantitative estimate of drug-likeness (QED) is 0.759.